The van der Waals surface area contributed by atoms with Crippen molar-refractivity contribution >= 4 is 21.8 Å². The van der Waals surface area contributed by atoms with Gasteiger partial charge in [-0.3, -0.25) is 9.59 Å². The molecule has 0 unspecified atom stereocenters. The van der Waals surface area contributed by atoms with Gasteiger partial charge in [-0.05, 0) is 47.3 Å². The zero-order chi connectivity index (χ0) is 17.5. The van der Waals surface area contributed by atoms with Gasteiger partial charge in [0, 0.05) is 16.6 Å². The second-order valence-corrected chi connectivity index (χ2v) is 7.87. The number of halogens is 1. The van der Waals surface area contributed by atoms with E-state index in [1.807, 2.05) is 18.2 Å². The van der Waals surface area contributed by atoms with Crippen LogP contribution in [-0.2, 0) is 5.41 Å². The van der Waals surface area contributed by atoms with Gasteiger partial charge in [0.05, 0.1) is 10.0 Å². The van der Waals surface area contributed by atoms with Crippen molar-refractivity contribution in [2.75, 3.05) is 0 Å². The van der Waals surface area contributed by atoms with Crippen molar-refractivity contribution in [3.05, 3.63) is 68.0 Å². The molecule has 2 aromatic rings. The number of benzene rings is 1. The lowest BCUT2D eigenvalue weighted by molar-refractivity contribution is 0.0907. The van der Waals surface area contributed by atoms with Crippen molar-refractivity contribution in [1.82, 2.24) is 10.3 Å². The van der Waals surface area contributed by atoms with Crippen LogP contribution >= 0.6 is 15.9 Å². The van der Waals surface area contributed by atoms with Crippen LogP contribution in [0.25, 0.3) is 0 Å². The lowest BCUT2D eigenvalue weighted by atomic mass is 9.75. The Morgan fingerprint density at radius 3 is 2.46 bits per heavy atom. The van der Waals surface area contributed by atoms with Crippen LogP contribution in [0.5, 0.6) is 0 Å². The highest BCUT2D eigenvalue weighted by atomic mass is 79.9. The Bertz CT molecular complexity index is 836. The number of carbonyl (C=O) groups is 1. The maximum Gasteiger partial charge on any atom is 0.262 e. The molecule has 1 amide bonds. The molecule has 1 aromatic carbocycles. The molecule has 1 aromatic heterocycles. The molecule has 0 radical (unpaired) electrons. The van der Waals surface area contributed by atoms with Gasteiger partial charge in [-0.1, -0.05) is 44.2 Å². The molecule has 2 N–H and O–H groups in total. The lowest BCUT2D eigenvalue weighted by Gasteiger charge is -2.36. The molecule has 1 saturated carbocycles. The topological polar surface area (TPSA) is 62.0 Å². The number of rotatable bonds is 4. The highest BCUT2D eigenvalue weighted by molar-refractivity contribution is 9.10. The molecule has 5 heteroatoms. The van der Waals surface area contributed by atoms with E-state index in [2.05, 4.69) is 52.2 Å². The standard InChI is InChI=1S/C19H21BrN2O2/c1-12-14(11-15(20)17(24)21-12)16(23)22-19(9-10-19)18(2,3)13-7-5-4-6-8-13/h4-8,11H,9-10H2,1-3H3,(H,21,24)(H,22,23). The van der Waals surface area contributed by atoms with Gasteiger partial charge in [-0.25, -0.2) is 0 Å². The van der Waals surface area contributed by atoms with Gasteiger partial charge in [-0.2, -0.15) is 0 Å². The molecule has 1 heterocycles. The van der Waals surface area contributed by atoms with Crippen LogP contribution in [-0.4, -0.2) is 16.4 Å². The van der Waals surface area contributed by atoms with E-state index in [0.717, 1.165) is 12.8 Å². The normalized spacial score (nSPS) is 15.8. The van der Waals surface area contributed by atoms with Gasteiger partial charge >= 0.3 is 0 Å². The third-order valence-corrected chi connectivity index (χ3v) is 5.82. The molecule has 1 fully saturated rings. The summed E-state index contributed by atoms with van der Waals surface area (Å²) in [7, 11) is 0. The number of nitrogens with one attached hydrogen (secondary N) is 2. The van der Waals surface area contributed by atoms with Crippen LogP contribution in [0.15, 0.2) is 45.7 Å². The van der Waals surface area contributed by atoms with Crippen LogP contribution in [0, 0.1) is 6.92 Å². The smallest absolute Gasteiger partial charge is 0.262 e. The monoisotopic (exact) mass is 388 g/mol. The van der Waals surface area contributed by atoms with Gasteiger partial charge in [0.1, 0.15) is 0 Å². The maximum atomic E-state index is 12.8. The molecule has 1 aliphatic rings. The first-order valence-corrected chi connectivity index (χ1v) is 8.84. The number of hydrogen-bond acceptors (Lipinski definition) is 2. The summed E-state index contributed by atoms with van der Waals surface area (Å²) in [5.41, 5.74) is 1.64. The molecule has 0 bridgehead atoms. The minimum atomic E-state index is -0.250. The zero-order valence-electron chi connectivity index (χ0n) is 14.1. The second kappa shape index (κ2) is 5.88. The average Bonchev–Trinajstić information content (AvgIpc) is 3.33. The third-order valence-electron chi connectivity index (χ3n) is 5.23. The number of aromatic nitrogens is 1. The first-order valence-electron chi connectivity index (χ1n) is 8.04. The van der Waals surface area contributed by atoms with E-state index in [4.69, 9.17) is 0 Å². The van der Waals surface area contributed by atoms with Gasteiger partial charge in [0.25, 0.3) is 11.5 Å². The summed E-state index contributed by atoms with van der Waals surface area (Å²) in [5, 5.41) is 3.23. The Morgan fingerprint density at radius 2 is 1.88 bits per heavy atom. The summed E-state index contributed by atoms with van der Waals surface area (Å²) in [6, 6.07) is 11.9. The van der Waals surface area contributed by atoms with Crippen molar-refractivity contribution in [2.24, 2.45) is 0 Å². The lowest BCUT2D eigenvalue weighted by Crippen LogP contribution is -2.50. The highest BCUT2D eigenvalue weighted by Crippen LogP contribution is 2.51. The highest BCUT2D eigenvalue weighted by Gasteiger charge is 2.56. The molecule has 4 nitrogen and oxygen atoms in total. The Kier molecular flexibility index (Phi) is 4.16. The van der Waals surface area contributed by atoms with Crippen molar-refractivity contribution < 1.29 is 4.79 Å². The quantitative estimate of drug-likeness (QED) is 0.838. The van der Waals surface area contributed by atoms with Gasteiger partial charge in [0.15, 0.2) is 0 Å². The minimum absolute atomic E-state index is 0.147. The Labute approximate surface area is 149 Å². The molecule has 1 aliphatic carbocycles. The molecule has 0 saturated heterocycles. The van der Waals surface area contributed by atoms with Crippen molar-refractivity contribution in [3.8, 4) is 0 Å². The van der Waals surface area contributed by atoms with Crippen LogP contribution in [0.3, 0.4) is 0 Å². The summed E-state index contributed by atoms with van der Waals surface area (Å²) >= 11 is 3.20. The molecule has 0 atom stereocenters. The maximum absolute atomic E-state index is 12.8. The number of pyridine rings is 1. The number of H-pyrrole nitrogens is 1. The van der Waals surface area contributed by atoms with E-state index in [1.54, 1.807) is 13.0 Å². The number of amides is 1. The zero-order valence-corrected chi connectivity index (χ0v) is 15.7. The fraction of sp³-hybridized carbons (Fsp3) is 0.368. The van der Waals surface area contributed by atoms with E-state index in [-0.39, 0.29) is 22.4 Å². The van der Waals surface area contributed by atoms with Crippen LogP contribution in [0.2, 0.25) is 0 Å². The minimum Gasteiger partial charge on any atom is -0.346 e. The predicted molar refractivity (Wildman–Crippen MR) is 98.4 cm³/mol. The van der Waals surface area contributed by atoms with Crippen molar-refractivity contribution in [3.63, 3.8) is 0 Å². The van der Waals surface area contributed by atoms with Gasteiger partial charge < -0.3 is 10.3 Å². The van der Waals surface area contributed by atoms with E-state index in [0.29, 0.717) is 15.7 Å². The Morgan fingerprint density at radius 1 is 1.25 bits per heavy atom. The van der Waals surface area contributed by atoms with E-state index >= 15 is 0 Å². The molecule has 126 valence electrons. The first-order chi connectivity index (χ1) is 11.3. The van der Waals surface area contributed by atoms with E-state index in [1.165, 1.54) is 5.56 Å². The number of carbonyl (C=O) groups excluding carboxylic acids is 1. The number of aryl methyl sites for hydroxylation is 1. The van der Waals surface area contributed by atoms with E-state index in [9.17, 15) is 9.59 Å². The van der Waals surface area contributed by atoms with Gasteiger partial charge in [0.2, 0.25) is 0 Å². The number of hydrogen-bond donors (Lipinski definition) is 2. The average molecular weight is 389 g/mol. The molecule has 0 aliphatic heterocycles. The molecule has 24 heavy (non-hydrogen) atoms. The molecule has 0 spiro atoms. The number of aromatic amines is 1. The fourth-order valence-corrected chi connectivity index (χ4v) is 3.61. The predicted octanol–water partition coefficient (Wildman–Crippen LogP) is 3.69. The SMILES string of the molecule is Cc1[nH]c(=O)c(Br)cc1C(=O)NC1(C(C)(C)c2ccccc2)CC1. The summed E-state index contributed by atoms with van der Waals surface area (Å²) in [6.07, 6.45) is 1.90. The van der Waals surface area contributed by atoms with Crippen molar-refractivity contribution in [1.29, 1.82) is 0 Å². The summed E-state index contributed by atoms with van der Waals surface area (Å²) in [4.78, 5) is 27.1. The van der Waals surface area contributed by atoms with Gasteiger partial charge in [-0.15, -0.1) is 0 Å². The van der Waals surface area contributed by atoms with Crippen LogP contribution in [0.1, 0.15) is 48.3 Å². The summed E-state index contributed by atoms with van der Waals surface area (Å²) in [6.45, 7) is 6.08. The summed E-state index contributed by atoms with van der Waals surface area (Å²) in [5.74, 6) is -0.147. The summed E-state index contributed by atoms with van der Waals surface area (Å²) < 4.78 is 0.366. The molecular formula is C19H21BrN2O2. The Balaban J connectivity index is 1.89. The van der Waals surface area contributed by atoms with Crippen LogP contribution in [0.4, 0.5) is 0 Å². The largest absolute Gasteiger partial charge is 0.346 e. The second-order valence-electron chi connectivity index (χ2n) is 7.01. The Hall–Kier alpha value is -1.88. The molecule has 3 rings (SSSR count). The third kappa shape index (κ3) is 2.81. The van der Waals surface area contributed by atoms with Crippen molar-refractivity contribution in [2.45, 2.75) is 44.6 Å². The molecular weight excluding hydrogens is 368 g/mol. The fourth-order valence-electron chi connectivity index (χ4n) is 3.28. The van der Waals surface area contributed by atoms with E-state index < -0.39 is 0 Å². The van der Waals surface area contributed by atoms with Crippen LogP contribution < -0.4 is 10.9 Å². The first kappa shape index (κ1) is 17.0.